The number of aromatic nitrogens is 2. The standard InChI is InChI=1S/C24H33N5O3S/c1-2-3-11-20(22(31)25-19-12-7-10-18(19)23-27-28-24(33)32-23)26-21(30)16-8-6-9-17(15-16)29-13-4-5-14-29/h6,8-9,15,18-20H,2-5,7,10-14H2,1H3,(H,25,31)(H,26,30)(H,28,33)/t18-,19+,20+/m1/s1. The van der Waals surface area contributed by atoms with Gasteiger partial charge in [-0.05, 0) is 62.5 Å². The zero-order chi connectivity index (χ0) is 23.2. The predicted molar refractivity (Wildman–Crippen MR) is 129 cm³/mol. The highest BCUT2D eigenvalue weighted by molar-refractivity contribution is 7.71. The highest BCUT2D eigenvalue weighted by Crippen LogP contribution is 2.33. The van der Waals surface area contributed by atoms with Gasteiger partial charge in [0.15, 0.2) is 0 Å². The quantitative estimate of drug-likeness (QED) is 0.476. The second-order valence-electron chi connectivity index (χ2n) is 9.02. The Morgan fingerprint density at radius 2 is 2.09 bits per heavy atom. The lowest BCUT2D eigenvalue weighted by atomic mass is 10.0. The molecule has 2 heterocycles. The van der Waals surface area contributed by atoms with Crippen molar-refractivity contribution in [3.05, 3.63) is 40.6 Å². The first kappa shape index (κ1) is 23.5. The largest absolute Gasteiger partial charge is 0.414 e. The van der Waals surface area contributed by atoms with E-state index in [0.29, 0.717) is 17.9 Å². The van der Waals surface area contributed by atoms with Gasteiger partial charge in [0.1, 0.15) is 6.04 Å². The van der Waals surface area contributed by atoms with Gasteiger partial charge in [-0.2, -0.15) is 0 Å². The van der Waals surface area contributed by atoms with Crippen LogP contribution in [0.3, 0.4) is 0 Å². The first-order valence-electron chi connectivity index (χ1n) is 12.1. The van der Waals surface area contributed by atoms with Gasteiger partial charge in [-0.15, -0.1) is 5.10 Å². The van der Waals surface area contributed by atoms with Crippen LogP contribution in [-0.2, 0) is 4.79 Å². The molecule has 4 rings (SSSR count). The second kappa shape index (κ2) is 11.0. The van der Waals surface area contributed by atoms with Gasteiger partial charge in [-0.25, -0.2) is 5.10 Å². The summed E-state index contributed by atoms with van der Waals surface area (Å²) < 4.78 is 5.50. The van der Waals surface area contributed by atoms with Crippen molar-refractivity contribution in [1.82, 2.24) is 20.8 Å². The average Bonchev–Trinajstić information content (AvgIpc) is 3.58. The van der Waals surface area contributed by atoms with E-state index < -0.39 is 6.04 Å². The summed E-state index contributed by atoms with van der Waals surface area (Å²) in [5.74, 6) is 0.157. The predicted octanol–water partition coefficient (Wildman–Crippen LogP) is 4.07. The molecule has 1 aliphatic heterocycles. The molecule has 9 heteroatoms. The van der Waals surface area contributed by atoms with Crippen LogP contribution in [0.25, 0.3) is 0 Å². The van der Waals surface area contributed by atoms with Crippen LogP contribution in [-0.4, -0.2) is 47.2 Å². The van der Waals surface area contributed by atoms with E-state index in [9.17, 15) is 9.59 Å². The summed E-state index contributed by atoms with van der Waals surface area (Å²) in [5, 5.41) is 13.0. The maximum Gasteiger partial charge on any atom is 0.284 e. The molecule has 2 aromatic rings. The van der Waals surface area contributed by atoms with Gasteiger partial charge in [0.05, 0.1) is 5.92 Å². The number of rotatable bonds is 9. The van der Waals surface area contributed by atoms with E-state index in [1.54, 1.807) is 0 Å². The van der Waals surface area contributed by atoms with Crippen molar-refractivity contribution in [1.29, 1.82) is 0 Å². The third-order valence-corrected chi connectivity index (χ3v) is 6.84. The number of aromatic amines is 1. The molecule has 2 amide bonds. The Bertz CT molecular complexity index is 1010. The molecule has 2 aliphatic rings. The Kier molecular flexibility index (Phi) is 7.80. The van der Waals surface area contributed by atoms with Gasteiger partial charge < -0.3 is 20.0 Å². The SMILES string of the molecule is CCCC[C@H](NC(=O)c1cccc(N2CCCC2)c1)C(=O)N[C@H]1CCC[C@H]1c1n[nH]c(=S)o1. The Labute approximate surface area is 199 Å². The van der Waals surface area contributed by atoms with Crippen LogP contribution >= 0.6 is 12.2 Å². The van der Waals surface area contributed by atoms with Crippen LogP contribution in [0.4, 0.5) is 5.69 Å². The third-order valence-electron chi connectivity index (χ3n) is 6.66. The summed E-state index contributed by atoms with van der Waals surface area (Å²) in [6, 6.07) is 7.01. The molecular formula is C24H33N5O3S. The molecule has 3 N–H and O–H groups in total. The smallest absolute Gasteiger partial charge is 0.284 e. The first-order chi connectivity index (χ1) is 16.0. The zero-order valence-electron chi connectivity index (χ0n) is 19.1. The molecule has 0 spiro atoms. The molecule has 0 unspecified atom stereocenters. The van der Waals surface area contributed by atoms with Gasteiger partial charge in [0.2, 0.25) is 11.8 Å². The minimum atomic E-state index is -0.584. The number of anilines is 1. The van der Waals surface area contributed by atoms with E-state index in [2.05, 4.69) is 32.7 Å². The topological polar surface area (TPSA) is 103 Å². The maximum absolute atomic E-state index is 13.2. The molecule has 1 saturated heterocycles. The number of carbonyl (C=O) groups excluding carboxylic acids is 2. The summed E-state index contributed by atoms with van der Waals surface area (Å²) >= 11 is 5.00. The monoisotopic (exact) mass is 471 g/mol. The highest BCUT2D eigenvalue weighted by Gasteiger charge is 2.35. The summed E-state index contributed by atoms with van der Waals surface area (Å²) in [7, 11) is 0. The number of nitrogens with one attached hydrogen (secondary N) is 3. The lowest BCUT2D eigenvalue weighted by Gasteiger charge is -2.24. The van der Waals surface area contributed by atoms with Gasteiger partial charge in [-0.1, -0.05) is 32.3 Å². The van der Waals surface area contributed by atoms with Crippen LogP contribution in [0.15, 0.2) is 28.7 Å². The number of amides is 2. The van der Waals surface area contributed by atoms with Crippen molar-refractivity contribution in [2.75, 3.05) is 18.0 Å². The molecule has 1 aliphatic carbocycles. The van der Waals surface area contributed by atoms with Crippen LogP contribution in [0.2, 0.25) is 0 Å². The minimum Gasteiger partial charge on any atom is -0.414 e. The number of H-pyrrole nitrogens is 1. The summed E-state index contributed by atoms with van der Waals surface area (Å²) in [5.41, 5.74) is 1.65. The Morgan fingerprint density at radius 3 is 2.82 bits per heavy atom. The molecule has 33 heavy (non-hydrogen) atoms. The number of unbranched alkanes of at least 4 members (excludes halogenated alkanes) is 1. The molecule has 1 aromatic carbocycles. The van der Waals surface area contributed by atoms with Gasteiger partial charge in [0.25, 0.3) is 10.7 Å². The van der Waals surface area contributed by atoms with Gasteiger partial charge in [0, 0.05) is 30.4 Å². The van der Waals surface area contributed by atoms with Crippen molar-refractivity contribution >= 4 is 29.7 Å². The molecule has 0 bridgehead atoms. The Morgan fingerprint density at radius 1 is 1.27 bits per heavy atom. The van der Waals surface area contributed by atoms with Crippen LogP contribution in [0.5, 0.6) is 0 Å². The molecule has 1 aromatic heterocycles. The minimum absolute atomic E-state index is 0.0124. The van der Waals surface area contributed by atoms with Crippen molar-refractivity contribution in [2.45, 2.75) is 76.3 Å². The lowest BCUT2D eigenvalue weighted by Crippen LogP contribution is -2.50. The summed E-state index contributed by atoms with van der Waals surface area (Å²) in [6.07, 6.45) is 7.45. The summed E-state index contributed by atoms with van der Waals surface area (Å²) in [4.78, 5) is 28.8. The van der Waals surface area contributed by atoms with Crippen LogP contribution in [0, 0.1) is 4.84 Å². The second-order valence-corrected chi connectivity index (χ2v) is 9.39. The number of benzene rings is 1. The molecule has 178 valence electrons. The number of hydrogen-bond donors (Lipinski definition) is 3. The van der Waals surface area contributed by atoms with Crippen molar-refractivity contribution in [3.8, 4) is 0 Å². The van der Waals surface area contributed by atoms with Gasteiger partial charge in [-0.3, -0.25) is 9.59 Å². The molecular weight excluding hydrogens is 438 g/mol. The van der Waals surface area contributed by atoms with Gasteiger partial charge >= 0.3 is 0 Å². The fourth-order valence-corrected chi connectivity index (χ4v) is 4.98. The third kappa shape index (κ3) is 5.82. The zero-order valence-corrected chi connectivity index (χ0v) is 20.0. The number of nitrogens with zero attached hydrogens (tertiary/aromatic N) is 2. The normalized spacial score (nSPS) is 21.2. The average molecular weight is 472 g/mol. The fourth-order valence-electron chi connectivity index (χ4n) is 4.85. The van der Waals surface area contributed by atoms with E-state index in [-0.39, 0.29) is 28.6 Å². The van der Waals surface area contributed by atoms with E-state index in [4.69, 9.17) is 16.6 Å². The van der Waals surface area contributed by atoms with Crippen molar-refractivity contribution in [3.63, 3.8) is 0 Å². The maximum atomic E-state index is 13.2. The highest BCUT2D eigenvalue weighted by atomic mass is 32.1. The van der Waals surface area contributed by atoms with E-state index in [0.717, 1.165) is 50.9 Å². The molecule has 0 radical (unpaired) electrons. The molecule has 2 fully saturated rings. The Balaban J connectivity index is 1.43. The van der Waals surface area contributed by atoms with E-state index >= 15 is 0 Å². The number of carbonyl (C=O) groups is 2. The fraction of sp³-hybridized carbons (Fsp3) is 0.583. The lowest BCUT2D eigenvalue weighted by molar-refractivity contribution is -0.124. The molecule has 3 atom stereocenters. The van der Waals surface area contributed by atoms with E-state index in [1.807, 2.05) is 24.3 Å². The first-order valence-corrected chi connectivity index (χ1v) is 12.5. The Hall–Kier alpha value is -2.68. The molecule has 8 nitrogen and oxygen atoms in total. The van der Waals surface area contributed by atoms with E-state index in [1.165, 1.54) is 12.8 Å². The van der Waals surface area contributed by atoms with Crippen molar-refractivity contribution in [2.24, 2.45) is 0 Å². The number of hydrogen-bond acceptors (Lipinski definition) is 6. The molecule has 1 saturated carbocycles. The van der Waals surface area contributed by atoms with Crippen molar-refractivity contribution < 1.29 is 14.0 Å². The van der Waals surface area contributed by atoms with Crippen LogP contribution < -0.4 is 15.5 Å². The summed E-state index contributed by atoms with van der Waals surface area (Å²) in [6.45, 7) is 4.11. The van der Waals surface area contributed by atoms with Crippen LogP contribution in [0.1, 0.15) is 80.5 Å².